The van der Waals surface area contributed by atoms with Crippen LogP contribution in [-0.2, 0) is 10.2 Å². The van der Waals surface area contributed by atoms with Gasteiger partial charge in [-0.25, -0.2) is 0 Å². The fraction of sp³-hybridized carbons (Fsp3) is 0.316. The second-order valence-electron chi connectivity index (χ2n) is 6.90. The zero-order valence-corrected chi connectivity index (χ0v) is 13.6. The second-order valence-corrected chi connectivity index (χ2v) is 6.90. The first-order valence-electron chi connectivity index (χ1n) is 7.87. The number of nitrogens with zero attached hydrogens (tertiary/aromatic N) is 1. The molecule has 4 heteroatoms. The smallest absolute Gasteiger partial charge is 0.241 e. The van der Waals surface area contributed by atoms with Crippen LogP contribution < -0.4 is 10.2 Å². The average Bonchev–Trinajstić information content (AvgIpc) is 3.16. The summed E-state index contributed by atoms with van der Waals surface area (Å²) in [6.45, 7) is 6.85. The van der Waals surface area contributed by atoms with E-state index in [1.54, 1.807) is 6.26 Å². The average molecular weight is 308 g/mol. The Hall–Kier alpha value is -2.49. The van der Waals surface area contributed by atoms with Gasteiger partial charge in [-0.2, -0.15) is 0 Å². The van der Waals surface area contributed by atoms with Crippen LogP contribution in [-0.4, -0.2) is 18.1 Å². The first kappa shape index (κ1) is 14.1. The molecule has 1 aromatic heterocycles. The molecule has 0 unspecified atom stereocenters. The number of aryl methyl sites for hydroxylation is 1. The molecule has 2 aromatic rings. The van der Waals surface area contributed by atoms with Crippen molar-refractivity contribution in [1.29, 1.82) is 0 Å². The van der Waals surface area contributed by atoms with Crippen LogP contribution in [0.4, 0.5) is 5.69 Å². The van der Waals surface area contributed by atoms with Gasteiger partial charge in [-0.15, -0.1) is 0 Å². The van der Waals surface area contributed by atoms with Crippen molar-refractivity contribution in [1.82, 2.24) is 5.32 Å². The maximum atomic E-state index is 12.2. The largest absolute Gasteiger partial charge is 0.465 e. The minimum atomic E-state index is -0.562. The van der Waals surface area contributed by atoms with Gasteiger partial charge >= 0.3 is 0 Å². The molecule has 0 aliphatic carbocycles. The van der Waals surface area contributed by atoms with E-state index in [9.17, 15) is 4.79 Å². The van der Waals surface area contributed by atoms with E-state index in [2.05, 4.69) is 55.3 Å². The van der Waals surface area contributed by atoms with Crippen molar-refractivity contribution in [3.63, 3.8) is 0 Å². The molecule has 0 radical (unpaired) electrons. The maximum absolute atomic E-state index is 12.2. The Labute approximate surface area is 135 Å². The summed E-state index contributed by atoms with van der Waals surface area (Å²) in [4.78, 5) is 14.3. The molecule has 23 heavy (non-hydrogen) atoms. The molecule has 4 rings (SSSR count). The van der Waals surface area contributed by atoms with Gasteiger partial charge in [0.15, 0.2) is 0 Å². The van der Waals surface area contributed by atoms with E-state index >= 15 is 0 Å². The number of carbonyl (C=O) groups excluding carboxylic acids is 1. The molecule has 3 heterocycles. The Balaban J connectivity index is 1.88. The molecule has 1 amide bonds. The maximum Gasteiger partial charge on any atom is 0.241 e. The van der Waals surface area contributed by atoms with Crippen LogP contribution in [0.15, 0.2) is 47.1 Å². The van der Waals surface area contributed by atoms with Gasteiger partial charge in [-0.05, 0) is 42.8 Å². The van der Waals surface area contributed by atoms with Gasteiger partial charge < -0.3 is 14.6 Å². The molecule has 0 spiro atoms. The van der Waals surface area contributed by atoms with Crippen molar-refractivity contribution < 1.29 is 9.21 Å². The molecule has 2 aliphatic heterocycles. The quantitative estimate of drug-likeness (QED) is 0.926. The number of furan rings is 1. The van der Waals surface area contributed by atoms with Crippen molar-refractivity contribution in [2.45, 2.75) is 31.8 Å². The third kappa shape index (κ3) is 1.81. The Morgan fingerprint density at radius 3 is 2.87 bits per heavy atom. The summed E-state index contributed by atoms with van der Waals surface area (Å²) in [6, 6.07) is 10.2. The number of amides is 1. The Morgan fingerprint density at radius 1 is 1.30 bits per heavy atom. The first-order chi connectivity index (χ1) is 10.9. The third-order valence-corrected chi connectivity index (χ3v) is 5.16. The summed E-state index contributed by atoms with van der Waals surface area (Å²) < 4.78 is 5.41. The van der Waals surface area contributed by atoms with Gasteiger partial charge in [0.1, 0.15) is 11.4 Å². The van der Waals surface area contributed by atoms with Crippen molar-refractivity contribution in [2.75, 3.05) is 11.4 Å². The third-order valence-electron chi connectivity index (χ3n) is 5.16. The zero-order valence-electron chi connectivity index (χ0n) is 13.6. The molecule has 1 atom stereocenters. The fourth-order valence-electron chi connectivity index (χ4n) is 3.88. The highest BCUT2D eigenvalue weighted by Crippen LogP contribution is 2.53. The molecule has 1 aromatic carbocycles. The molecule has 1 fully saturated rings. The van der Waals surface area contributed by atoms with Crippen molar-refractivity contribution >= 4 is 17.7 Å². The molecule has 118 valence electrons. The van der Waals surface area contributed by atoms with Gasteiger partial charge in [0, 0.05) is 11.1 Å². The van der Waals surface area contributed by atoms with Crippen LogP contribution in [0, 0.1) is 6.92 Å². The van der Waals surface area contributed by atoms with Gasteiger partial charge in [0.2, 0.25) is 5.91 Å². The van der Waals surface area contributed by atoms with Gasteiger partial charge in [0.05, 0.1) is 12.8 Å². The van der Waals surface area contributed by atoms with Crippen LogP contribution in [0.5, 0.6) is 0 Å². The number of hydrogen-bond acceptors (Lipinski definition) is 3. The Morgan fingerprint density at radius 2 is 2.13 bits per heavy atom. The van der Waals surface area contributed by atoms with Crippen LogP contribution in [0.25, 0.3) is 6.08 Å². The summed E-state index contributed by atoms with van der Waals surface area (Å²) in [6.07, 6.45) is 5.66. The molecular formula is C19H20N2O2. The normalized spacial score (nSPS) is 24.8. The van der Waals surface area contributed by atoms with E-state index in [0.717, 1.165) is 11.4 Å². The summed E-state index contributed by atoms with van der Waals surface area (Å²) in [5.41, 5.74) is 2.82. The van der Waals surface area contributed by atoms with Crippen LogP contribution >= 0.6 is 0 Å². The lowest BCUT2D eigenvalue weighted by Gasteiger charge is -2.40. The minimum absolute atomic E-state index is 0.0494. The molecule has 1 saturated heterocycles. The zero-order chi connectivity index (χ0) is 16.2. The molecular weight excluding hydrogens is 288 g/mol. The number of rotatable bonds is 2. The van der Waals surface area contributed by atoms with Crippen molar-refractivity contribution in [3.05, 3.63) is 59.6 Å². The molecule has 0 saturated carbocycles. The van der Waals surface area contributed by atoms with E-state index in [1.165, 1.54) is 11.1 Å². The fourth-order valence-corrected chi connectivity index (χ4v) is 3.88. The molecule has 1 N–H and O–H groups in total. The van der Waals surface area contributed by atoms with E-state index < -0.39 is 5.66 Å². The minimum Gasteiger partial charge on any atom is -0.465 e. The van der Waals surface area contributed by atoms with Gasteiger partial charge in [-0.1, -0.05) is 31.5 Å². The lowest BCUT2D eigenvalue weighted by Crippen LogP contribution is -2.58. The SMILES string of the molecule is Cc1ccc2c(c1)C(C)(C)[C@]1(C=Cc3ccco3)NC(=O)CN21. The Kier molecular flexibility index (Phi) is 2.77. The number of carbonyl (C=O) groups is 1. The summed E-state index contributed by atoms with van der Waals surface area (Å²) in [5.74, 6) is 0.830. The summed E-state index contributed by atoms with van der Waals surface area (Å²) >= 11 is 0. The highest BCUT2D eigenvalue weighted by atomic mass is 16.3. The first-order valence-corrected chi connectivity index (χ1v) is 7.87. The van der Waals surface area contributed by atoms with Crippen LogP contribution in [0.1, 0.15) is 30.7 Å². The highest BCUT2D eigenvalue weighted by molar-refractivity contribution is 5.91. The highest BCUT2D eigenvalue weighted by Gasteiger charge is 2.59. The monoisotopic (exact) mass is 308 g/mol. The molecule has 0 bridgehead atoms. The molecule has 4 nitrogen and oxygen atoms in total. The molecule has 2 aliphatic rings. The summed E-state index contributed by atoms with van der Waals surface area (Å²) in [5, 5.41) is 3.21. The lowest BCUT2D eigenvalue weighted by molar-refractivity contribution is -0.118. The van der Waals surface area contributed by atoms with Crippen LogP contribution in [0.3, 0.4) is 0 Å². The van der Waals surface area contributed by atoms with Crippen LogP contribution in [0.2, 0.25) is 0 Å². The van der Waals surface area contributed by atoms with E-state index in [4.69, 9.17) is 4.42 Å². The number of anilines is 1. The standard InChI is InChI=1S/C19H20N2O2/c1-13-6-7-16-15(11-13)18(2,3)19(20-17(22)12-21(16)19)9-8-14-5-4-10-23-14/h4-11H,12H2,1-3H3,(H,20,22)/t19-/m1/s1. The number of hydrogen-bond donors (Lipinski definition) is 1. The topological polar surface area (TPSA) is 45.5 Å². The van der Waals surface area contributed by atoms with Crippen molar-refractivity contribution in [3.8, 4) is 0 Å². The lowest BCUT2D eigenvalue weighted by atomic mass is 9.75. The predicted molar refractivity (Wildman–Crippen MR) is 90.2 cm³/mol. The van der Waals surface area contributed by atoms with E-state index in [-0.39, 0.29) is 11.3 Å². The second kappa shape index (κ2) is 4.51. The number of fused-ring (bicyclic) bond motifs is 3. The number of benzene rings is 1. The van der Waals surface area contributed by atoms with Gasteiger partial charge in [0.25, 0.3) is 0 Å². The predicted octanol–water partition coefficient (Wildman–Crippen LogP) is 3.23. The Bertz CT molecular complexity index is 805. The van der Waals surface area contributed by atoms with E-state index in [1.807, 2.05) is 18.2 Å². The van der Waals surface area contributed by atoms with Crippen molar-refractivity contribution in [2.24, 2.45) is 0 Å². The number of nitrogens with one attached hydrogen (secondary N) is 1. The van der Waals surface area contributed by atoms with E-state index in [0.29, 0.717) is 6.54 Å². The van der Waals surface area contributed by atoms with Gasteiger partial charge in [-0.3, -0.25) is 4.79 Å². The summed E-state index contributed by atoms with van der Waals surface area (Å²) in [7, 11) is 0.